The first-order valence-corrected chi connectivity index (χ1v) is 17.2. The van der Waals surface area contributed by atoms with Gasteiger partial charge in [0, 0.05) is 74.1 Å². The highest BCUT2D eigenvalue weighted by molar-refractivity contribution is 6.06. The number of aryl methyl sites for hydroxylation is 1. The molecule has 1 spiro atoms. The minimum Gasteiger partial charge on any atom is -0.481 e. The van der Waals surface area contributed by atoms with Crippen LogP contribution in [0, 0.1) is 12.3 Å². The summed E-state index contributed by atoms with van der Waals surface area (Å²) >= 11 is 0. The fourth-order valence-corrected chi connectivity index (χ4v) is 7.93. The zero-order valence-electron chi connectivity index (χ0n) is 28.2. The number of H-pyrrole nitrogens is 1. The zero-order valence-corrected chi connectivity index (χ0v) is 28.2. The van der Waals surface area contributed by atoms with Gasteiger partial charge in [-0.05, 0) is 74.4 Å². The van der Waals surface area contributed by atoms with E-state index < -0.39 is 24.5 Å². The number of nitrogens with zero attached hydrogens (tertiary/aromatic N) is 7. The average Bonchev–Trinajstić information content (AvgIpc) is 3.81. The number of benzene rings is 2. The Balaban J connectivity index is 1.29. The van der Waals surface area contributed by atoms with Gasteiger partial charge < -0.3 is 24.3 Å². The highest BCUT2D eigenvalue weighted by Gasteiger charge is 2.47. The van der Waals surface area contributed by atoms with E-state index in [1.807, 2.05) is 19.1 Å². The second kappa shape index (κ2) is 12.1. The molecule has 4 aromatic rings. The van der Waals surface area contributed by atoms with E-state index in [1.165, 1.54) is 4.90 Å². The van der Waals surface area contributed by atoms with Gasteiger partial charge in [0.25, 0.3) is 5.91 Å². The molecule has 0 atom stereocenters. The van der Waals surface area contributed by atoms with Crippen LogP contribution in [0.15, 0.2) is 36.8 Å². The molecule has 50 heavy (non-hydrogen) atoms. The lowest BCUT2D eigenvalue weighted by atomic mass is 9.72. The van der Waals surface area contributed by atoms with Crippen molar-refractivity contribution < 1.29 is 27.1 Å². The molecular formula is C36H40F4N8O2. The Morgan fingerprint density at radius 3 is 2.40 bits per heavy atom. The molecule has 1 aliphatic carbocycles. The van der Waals surface area contributed by atoms with Crippen molar-refractivity contribution in [2.75, 3.05) is 75.8 Å². The van der Waals surface area contributed by atoms with Gasteiger partial charge in [-0.1, -0.05) is 12.6 Å². The van der Waals surface area contributed by atoms with Crippen LogP contribution in [-0.2, 0) is 4.79 Å². The van der Waals surface area contributed by atoms with Crippen molar-refractivity contribution in [1.29, 1.82) is 0 Å². The molecule has 264 valence electrons. The number of piperazine rings is 1. The van der Waals surface area contributed by atoms with Gasteiger partial charge in [0.05, 0.1) is 11.7 Å². The number of amides is 1. The van der Waals surface area contributed by atoms with Gasteiger partial charge in [0.1, 0.15) is 11.3 Å². The maximum Gasteiger partial charge on any atom is 0.422 e. The number of alkyl halides is 3. The zero-order chi connectivity index (χ0) is 34.9. The second-order valence-electron chi connectivity index (χ2n) is 14.5. The van der Waals surface area contributed by atoms with E-state index in [-0.39, 0.29) is 17.1 Å². The van der Waals surface area contributed by atoms with E-state index in [9.17, 15) is 22.4 Å². The highest BCUT2D eigenvalue weighted by atomic mass is 19.4. The van der Waals surface area contributed by atoms with Crippen LogP contribution >= 0.6 is 0 Å². The van der Waals surface area contributed by atoms with E-state index in [2.05, 4.69) is 44.6 Å². The maximum atomic E-state index is 14.0. The maximum absolute atomic E-state index is 14.0. The van der Waals surface area contributed by atoms with Crippen LogP contribution in [0.4, 0.5) is 29.3 Å². The van der Waals surface area contributed by atoms with Crippen LogP contribution in [0.25, 0.3) is 32.9 Å². The van der Waals surface area contributed by atoms with Gasteiger partial charge >= 0.3 is 6.18 Å². The number of hydrogen-bond acceptors (Lipinski definition) is 8. The van der Waals surface area contributed by atoms with E-state index >= 15 is 0 Å². The molecule has 1 amide bonds. The summed E-state index contributed by atoms with van der Waals surface area (Å²) in [7, 11) is 2.06. The number of aromatic amines is 1. The van der Waals surface area contributed by atoms with Crippen molar-refractivity contribution in [3.05, 3.63) is 47.9 Å². The second-order valence-corrected chi connectivity index (χ2v) is 14.5. The number of likely N-dealkylation sites (tertiary alicyclic amines) is 1. The molecule has 4 fully saturated rings. The molecule has 8 rings (SSSR count). The Morgan fingerprint density at radius 2 is 1.74 bits per heavy atom. The lowest BCUT2D eigenvalue weighted by Crippen LogP contribution is -2.62. The van der Waals surface area contributed by atoms with E-state index in [0.29, 0.717) is 67.5 Å². The van der Waals surface area contributed by atoms with Crippen LogP contribution in [0.2, 0.25) is 0 Å². The van der Waals surface area contributed by atoms with Crippen LogP contribution in [-0.4, -0.2) is 108 Å². The lowest BCUT2D eigenvalue weighted by Gasteiger charge is -2.54. The van der Waals surface area contributed by atoms with Crippen molar-refractivity contribution in [2.24, 2.45) is 5.41 Å². The van der Waals surface area contributed by atoms with Gasteiger partial charge in [0.2, 0.25) is 5.95 Å². The summed E-state index contributed by atoms with van der Waals surface area (Å²) in [6.07, 6.45) is 0.504. The Hall–Kier alpha value is -4.46. The predicted octanol–water partition coefficient (Wildman–Crippen LogP) is 5.96. The quantitative estimate of drug-likeness (QED) is 0.187. The summed E-state index contributed by atoms with van der Waals surface area (Å²) in [5.41, 5.74) is 4.28. The largest absolute Gasteiger partial charge is 0.481 e. The molecule has 0 radical (unpaired) electrons. The Labute approximate surface area is 287 Å². The molecule has 1 N–H and O–H groups in total. The minimum atomic E-state index is -4.57. The van der Waals surface area contributed by atoms with Crippen LogP contribution < -0.4 is 14.5 Å². The number of nitrogens with one attached hydrogen (secondary N) is 1. The van der Waals surface area contributed by atoms with Gasteiger partial charge in [-0.25, -0.2) is 9.37 Å². The monoisotopic (exact) mass is 692 g/mol. The summed E-state index contributed by atoms with van der Waals surface area (Å²) in [5, 5.41) is 8.75. The fourth-order valence-electron chi connectivity index (χ4n) is 7.93. The summed E-state index contributed by atoms with van der Waals surface area (Å²) in [6.45, 7) is 8.81. The Kier molecular flexibility index (Phi) is 7.92. The van der Waals surface area contributed by atoms with Gasteiger partial charge in [0.15, 0.2) is 18.2 Å². The molecular weight excluding hydrogens is 652 g/mol. The standard InChI is InChI=1S/C36H40F4N8O2/c1-21-4-7-27-26(17-41-44-27)28(21)29-24(23-5-6-23)16-25-30(31(29)50-20-36(38,39)40)42-34(47-14-12-45(3)13-15-47)43-32(25)46-10-8-35(9-11-46)18-48(19-35)33(49)22(2)37/h4,7,16-17,23H,2,5-6,8-15,18-20H2,1,3H3,(H,41,44). The summed E-state index contributed by atoms with van der Waals surface area (Å²) < 4.78 is 61.4. The molecule has 10 nitrogen and oxygen atoms in total. The van der Waals surface area contributed by atoms with Gasteiger partial charge in [-0.15, -0.1) is 0 Å². The third kappa shape index (κ3) is 5.90. The third-order valence-electron chi connectivity index (χ3n) is 10.9. The normalized spacial score (nSPS) is 19.8. The van der Waals surface area contributed by atoms with Crippen LogP contribution in [0.1, 0.15) is 42.7 Å². The molecule has 0 unspecified atom stereocenters. The number of ether oxygens (including phenoxy) is 1. The fraction of sp³-hybridized carbons (Fsp3) is 0.500. The molecule has 1 saturated carbocycles. The summed E-state index contributed by atoms with van der Waals surface area (Å²) in [6, 6.07) is 5.97. The number of fused-ring (bicyclic) bond motifs is 2. The first-order chi connectivity index (χ1) is 23.9. The minimum absolute atomic E-state index is 0.112. The van der Waals surface area contributed by atoms with Gasteiger partial charge in [-0.2, -0.15) is 23.3 Å². The van der Waals surface area contributed by atoms with E-state index in [0.717, 1.165) is 66.4 Å². The highest BCUT2D eigenvalue weighted by Crippen LogP contribution is 2.53. The first kappa shape index (κ1) is 32.7. The van der Waals surface area contributed by atoms with Crippen molar-refractivity contribution in [2.45, 2.75) is 44.7 Å². The van der Waals surface area contributed by atoms with Crippen LogP contribution in [0.3, 0.4) is 0 Å². The molecule has 2 aromatic carbocycles. The number of likely N-dealkylation sites (N-methyl/N-ethyl adjacent to an activating group) is 1. The van der Waals surface area contributed by atoms with Crippen molar-refractivity contribution in [3.8, 4) is 16.9 Å². The van der Waals surface area contributed by atoms with Gasteiger partial charge in [-0.3, -0.25) is 9.89 Å². The van der Waals surface area contributed by atoms with Crippen molar-refractivity contribution >= 4 is 39.5 Å². The van der Waals surface area contributed by atoms with E-state index in [1.54, 1.807) is 6.20 Å². The van der Waals surface area contributed by atoms with Crippen molar-refractivity contribution in [3.63, 3.8) is 0 Å². The number of carbonyl (C=O) groups is 1. The number of piperidine rings is 1. The molecule has 4 aliphatic rings. The molecule has 0 bridgehead atoms. The molecule has 3 saturated heterocycles. The molecule has 3 aliphatic heterocycles. The molecule has 5 heterocycles. The summed E-state index contributed by atoms with van der Waals surface area (Å²) in [5.74, 6) is -0.203. The average molecular weight is 693 g/mol. The van der Waals surface area contributed by atoms with E-state index in [4.69, 9.17) is 14.7 Å². The SMILES string of the molecule is C=C(F)C(=O)N1CC2(CCN(c3nc(N4CCN(C)CC4)nc4c(OCC(F)(F)F)c(-c5c(C)ccc6[nH]ncc56)c(C5CC5)cc34)CC2)C1. The molecule has 2 aromatic heterocycles. The first-order valence-electron chi connectivity index (χ1n) is 17.2. The third-order valence-corrected chi connectivity index (χ3v) is 10.9. The molecule has 14 heteroatoms. The van der Waals surface area contributed by atoms with Crippen molar-refractivity contribution in [1.82, 2.24) is 30.0 Å². The number of carbonyl (C=O) groups excluding carboxylic acids is 1. The number of anilines is 2. The van der Waals surface area contributed by atoms with Crippen LogP contribution in [0.5, 0.6) is 5.75 Å². The number of aromatic nitrogens is 4. The Morgan fingerprint density at radius 1 is 1.02 bits per heavy atom. The topological polar surface area (TPSA) is 93.7 Å². The Bertz CT molecular complexity index is 1980. The number of hydrogen-bond donors (Lipinski definition) is 1. The number of rotatable bonds is 7. The smallest absolute Gasteiger partial charge is 0.422 e. The lowest BCUT2D eigenvalue weighted by molar-refractivity contribution is -0.153. The summed E-state index contributed by atoms with van der Waals surface area (Å²) in [4.78, 5) is 30.4. The predicted molar refractivity (Wildman–Crippen MR) is 183 cm³/mol. The number of halogens is 4.